The molecular weight excluding hydrogens is 226 g/mol. The van der Waals surface area contributed by atoms with Crippen LogP contribution in [0.15, 0.2) is 30.5 Å². The monoisotopic (exact) mass is 237 g/mol. The van der Waals surface area contributed by atoms with Crippen LogP contribution in [0.3, 0.4) is 0 Å². The summed E-state index contributed by atoms with van der Waals surface area (Å²) in [5.74, 6) is 0. The molecule has 0 fully saturated rings. The zero-order valence-corrected chi connectivity index (χ0v) is 9.81. The molecule has 0 saturated carbocycles. The highest BCUT2D eigenvalue weighted by Gasteiger charge is 2.29. The maximum atomic E-state index is 10.5. The minimum atomic E-state index is -1.12. The summed E-state index contributed by atoms with van der Waals surface area (Å²) < 4.78 is 1.55. The Balaban J connectivity index is 2.46. The van der Waals surface area contributed by atoms with Gasteiger partial charge in [0, 0.05) is 12.1 Å². The molecule has 0 amide bonds. The van der Waals surface area contributed by atoms with Crippen molar-refractivity contribution >= 4 is 11.6 Å². The van der Waals surface area contributed by atoms with E-state index in [2.05, 4.69) is 10.3 Å². The number of hydrogen-bond donors (Lipinski definition) is 1. The Morgan fingerprint density at radius 3 is 2.44 bits per heavy atom. The predicted octanol–water partition coefficient (Wildman–Crippen LogP) is 1.72. The van der Waals surface area contributed by atoms with Gasteiger partial charge in [-0.1, -0.05) is 28.9 Å². The third-order valence-electron chi connectivity index (χ3n) is 2.62. The molecule has 1 atom stereocenters. The van der Waals surface area contributed by atoms with Gasteiger partial charge in [-0.15, -0.1) is 5.10 Å². The summed E-state index contributed by atoms with van der Waals surface area (Å²) in [5.41, 5.74) is 0.264. The van der Waals surface area contributed by atoms with Crippen LogP contribution in [-0.2, 0) is 12.6 Å². The first kappa shape index (κ1) is 11.1. The van der Waals surface area contributed by atoms with E-state index in [0.717, 1.165) is 5.56 Å². The van der Waals surface area contributed by atoms with Gasteiger partial charge < -0.3 is 5.11 Å². The molecule has 0 bridgehead atoms. The minimum absolute atomic E-state index is 0.634. The number of hydrogen-bond acceptors (Lipinski definition) is 3. The van der Waals surface area contributed by atoms with Crippen molar-refractivity contribution in [1.29, 1.82) is 0 Å². The first-order valence-corrected chi connectivity index (χ1v) is 5.23. The van der Waals surface area contributed by atoms with Gasteiger partial charge in [-0.05, 0) is 24.6 Å². The van der Waals surface area contributed by atoms with Gasteiger partial charge in [0.05, 0.1) is 11.9 Å². The quantitative estimate of drug-likeness (QED) is 0.866. The molecule has 0 spiro atoms. The van der Waals surface area contributed by atoms with Gasteiger partial charge in [-0.3, -0.25) is 0 Å². The Morgan fingerprint density at radius 2 is 1.94 bits per heavy atom. The molecule has 0 aliphatic carbocycles. The highest BCUT2D eigenvalue weighted by atomic mass is 35.5. The van der Waals surface area contributed by atoms with Crippen LogP contribution in [0.1, 0.15) is 18.2 Å². The van der Waals surface area contributed by atoms with Crippen LogP contribution in [0.4, 0.5) is 0 Å². The summed E-state index contributed by atoms with van der Waals surface area (Å²) in [4.78, 5) is 0. The van der Waals surface area contributed by atoms with Gasteiger partial charge in [-0.2, -0.15) is 0 Å². The lowest BCUT2D eigenvalue weighted by atomic mass is 9.93. The lowest BCUT2D eigenvalue weighted by molar-refractivity contribution is 0.0929. The van der Waals surface area contributed by atoms with Crippen LogP contribution >= 0.6 is 11.6 Å². The second kappa shape index (κ2) is 3.88. The van der Waals surface area contributed by atoms with Gasteiger partial charge >= 0.3 is 0 Å². The second-order valence-electron chi connectivity index (χ2n) is 3.82. The summed E-state index contributed by atoms with van der Waals surface area (Å²) in [7, 11) is 1.74. The van der Waals surface area contributed by atoms with Gasteiger partial charge in [0.2, 0.25) is 0 Å². The number of halogens is 1. The Labute approximate surface area is 98.5 Å². The van der Waals surface area contributed by atoms with Crippen molar-refractivity contribution in [2.45, 2.75) is 12.5 Å². The van der Waals surface area contributed by atoms with Crippen molar-refractivity contribution in [2.24, 2.45) is 7.05 Å². The number of benzene rings is 1. The molecule has 2 aromatic rings. The number of aromatic nitrogens is 3. The summed E-state index contributed by atoms with van der Waals surface area (Å²) in [6.07, 6.45) is 1.55. The molecule has 0 saturated heterocycles. The third kappa shape index (κ3) is 1.81. The van der Waals surface area contributed by atoms with Crippen molar-refractivity contribution in [1.82, 2.24) is 15.0 Å². The van der Waals surface area contributed by atoms with Crippen molar-refractivity contribution < 1.29 is 5.11 Å². The highest BCUT2D eigenvalue weighted by Crippen LogP contribution is 2.28. The zero-order chi connectivity index (χ0) is 11.8. The van der Waals surface area contributed by atoms with E-state index in [4.69, 9.17) is 11.6 Å². The van der Waals surface area contributed by atoms with Gasteiger partial charge in [0.15, 0.2) is 0 Å². The molecule has 84 valence electrons. The topological polar surface area (TPSA) is 50.9 Å². The third-order valence-corrected chi connectivity index (χ3v) is 2.87. The van der Waals surface area contributed by atoms with E-state index in [1.807, 2.05) is 0 Å². The van der Waals surface area contributed by atoms with E-state index in [0.29, 0.717) is 10.7 Å². The fraction of sp³-hybridized carbons (Fsp3) is 0.273. The Bertz CT molecular complexity index is 490. The van der Waals surface area contributed by atoms with Crippen molar-refractivity contribution in [3.8, 4) is 0 Å². The number of aliphatic hydroxyl groups is 1. The van der Waals surface area contributed by atoms with Crippen molar-refractivity contribution in [3.05, 3.63) is 46.7 Å². The molecule has 1 aromatic carbocycles. The number of rotatable bonds is 2. The maximum absolute atomic E-state index is 10.5. The van der Waals surface area contributed by atoms with E-state index in [-0.39, 0.29) is 0 Å². The van der Waals surface area contributed by atoms with E-state index in [1.165, 1.54) is 0 Å². The molecule has 1 aromatic heterocycles. The lowest BCUT2D eigenvalue weighted by Crippen LogP contribution is -2.25. The average Bonchev–Trinajstić information content (AvgIpc) is 2.66. The van der Waals surface area contributed by atoms with Crippen LogP contribution in [0.25, 0.3) is 0 Å². The van der Waals surface area contributed by atoms with Crippen LogP contribution in [0, 0.1) is 0 Å². The Morgan fingerprint density at radius 1 is 1.31 bits per heavy atom. The van der Waals surface area contributed by atoms with E-state index < -0.39 is 5.60 Å². The van der Waals surface area contributed by atoms with Crippen LogP contribution < -0.4 is 0 Å². The van der Waals surface area contributed by atoms with Crippen molar-refractivity contribution in [3.63, 3.8) is 0 Å². The molecule has 1 N–H and O–H groups in total. The summed E-state index contributed by atoms with van der Waals surface area (Å²) in [6.45, 7) is 1.70. The molecule has 16 heavy (non-hydrogen) atoms. The van der Waals surface area contributed by atoms with E-state index in [9.17, 15) is 5.11 Å². The van der Waals surface area contributed by atoms with Crippen molar-refractivity contribution in [2.75, 3.05) is 0 Å². The standard InChI is InChI=1S/C11H12ClN3O/c1-11(16,10-7-13-14-15(10)2)8-3-5-9(12)6-4-8/h3-7,16H,1-2H3. The Hall–Kier alpha value is -1.39. The fourth-order valence-electron chi connectivity index (χ4n) is 1.65. The molecule has 1 heterocycles. The van der Waals surface area contributed by atoms with E-state index in [1.54, 1.807) is 49.1 Å². The minimum Gasteiger partial charge on any atom is -0.379 e. The normalized spacial score (nSPS) is 14.8. The van der Waals surface area contributed by atoms with E-state index >= 15 is 0 Å². The molecule has 5 heteroatoms. The van der Waals surface area contributed by atoms with Crippen LogP contribution in [-0.4, -0.2) is 20.1 Å². The average molecular weight is 238 g/mol. The van der Waals surface area contributed by atoms with Crippen LogP contribution in [0.5, 0.6) is 0 Å². The summed E-state index contributed by atoms with van der Waals surface area (Å²) in [6, 6.07) is 7.06. The molecule has 0 aliphatic heterocycles. The fourth-order valence-corrected chi connectivity index (χ4v) is 1.78. The molecule has 2 rings (SSSR count). The number of nitrogens with zero attached hydrogens (tertiary/aromatic N) is 3. The number of aryl methyl sites for hydroxylation is 1. The van der Waals surface area contributed by atoms with Gasteiger partial charge in [0.1, 0.15) is 5.60 Å². The molecule has 1 unspecified atom stereocenters. The summed E-state index contributed by atoms with van der Waals surface area (Å²) in [5, 5.41) is 18.7. The second-order valence-corrected chi connectivity index (χ2v) is 4.26. The Kier molecular flexibility index (Phi) is 2.69. The lowest BCUT2D eigenvalue weighted by Gasteiger charge is -2.23. The first-order valence-electron chi connectivity index (χ1n) is 4.85. The zero-order valence-electron chi connectivity index (χ0n) is 9.05. The van der Waals surface area contributed by atoms with Crippen LogP contribution in [0.2, 0.25) is 5.02 Å². The first-order chi connectivity index (χ1) is 7.51. The largest absolute Gasteiger partial charge is 0.379 e. The van der Waals surface area contributed by atoms with Gasteiger partial charge in [0.25, 0.3) is 0 Å². The highest BCUT2D eigenvalue weighted by molar-refractivity contribution is 6.30. The van der Waals surface area contributed by atoms with Gasteiger partial charge in [-0.25, -0.2) is 4.68 Å². The SMILES string of the molecule is Cn1nncc1C(C)(O)c1ccc(Cl)cc1. The molecular formula is C11H12ClN3O. The summed E-state index contributed by atoms with van der Waals surface area (Å²) >= 11 is 5.81. The smallest absolute Gasteiger partial charge is 0.130 e. The molecule has 0 aliphatic rings. The maximum Gasteiger partial charge on any atom is 0.130 e. The molecule has 4 nitrogen and oxygen atoms in total. The molecule has 0 radical (unpaired) electrons. The predicted molar refractivity (Wildman–Crippen MR) is 61.1 cm³/mol.